The molecule has 0 amide bonds. The van der Waals surface area contributed by atoms with Crippen LogP contribution in [0.15, 0.2) is 24.3 Å². The molecular weight excluding hydrogens is 244 g/mol. The van der Waals surface area contributed by atoms with Crippen molar-refractivity contribution in [2.45, 2.75) is 38.1 Å². The highest BCUT2D eigenvalue weighted by atomic mass is 15.2. The molecule has 1 aliphatic heterocycles. The molecular formula is C18H26N2. The number of rotatable bonds is 1. The second-order valence-corrected chi connectivity index (χ2v) is 6.90. The van der Waals surface area contributed by atoms with Crippen LogP contribution in [0.4, 0.5) is 0 Å². The normalized spacial score (nSPS) is 34.3. The van der Waals surface area contributed by atoms with Crippen LogP contribution in [0.25, 0.3) is 0 Å². The number of nitrogens with one attached hydrogen (secondary N) is 1. The van der Waals surface area contributed by atoms with Gasteiger partial charge in [-0.25, -0.2) is 0 Å². The zero-order valence-corrected chi connectivity index (χ0v) is 12.4. The zero-order valence-electron chi connectivity index (χ0n) is 12.4. The Balaban J connectivity index is 1.60. The topological polar surface area (TPSA) is 15.3 Å². The van der Waals surface area contributed by atoms with Crippen molar-refractivity contribution in [3.63, 3.8) is 0 Å². The van der Waals surface area contributed by atoms with Crippen molar-refractivity contribution < 1.29 is 0 Å². The van der Waals surface area contributed by atoms with E-state index >= 15 is 0 Å². The molecule has 0 aromatic heterocycles. The molecule has 2 fully saturated rings. The van der Waals surface area contributed by atoms with Crippen LogP contribution >= 0.6 is 0 Å². The summed E-state index contributed by atoms with van der Waals surface area (Å²) < 4.78 is 0. The molecule has 2 nitrogen and oxygen atoms in total. The quantitative estimate of drug-likeness (QED) is 0.843. The number of fused-ring (bicyclic) bond motifs is 3. The van der Waals surface area contributed by atoms with Crippen molar-refractivity contribution in [2.75, 3.05) is 26.2 Å². The largest absolute Gasteiger partial charge is 0.315 e. The van der Waals surface area contributed by atoms with Gasteiger partial charge in [0.2, 0.25) is 0 Å². The van der Waals surface area contributed by atoms with Gasteiger partial charge >= 0.3 is 0 Å². The summed E-state index contributed by atoms with van der Waals surface area (Å²) in [5.74, 6) is 1.81. The molecule has 2 unspecified atom stereocenters. The standard InChI is InChI=1S/C18H26N2/c1-2-5-15-13-17-7-6-16(12-14(15)4-1)18(17)20-10-3-8-19-9-11-20/h1-2,4-5,16-19H,3,6-13H2. The first-order chi connectivity index (χ1) is 9.92. The summed E-state index contributed by atoms with van der Waals surface area (Å²) in [4.78, 5) is 2.83. The SMILES string of the molecule is c1ccc2c(c1)CC1CCC(C2)C1N1CCCNCC1. The average Bonchev–Trinajstić information content (AvgIpc) is 2.66. The summed E-state index contributed by atoms with van der Waals surface area (Å²) >= 11 is 0. The molecule has 0 spiro atoms. The first-order valence-electron chi connectivity index (χ1n) is 8.43. The molecule has 2 bridgehead atoms. The lowest BCUT2D eigenvalue weighted by Gasteiger charge is -2.34. The Bertz CT molecular complexity index is 429. The van der Waals surface area contributed by atoms with E-state index in [2.05, 4.69) is 34.5 Å². The molecule has 2 atom stereocenters. The van der Waals surface area contributed by atoms with Crippen LogP contribution in [0.2, 0.25) is 0 Å². The summed E-state index contributed by atoms with van der Waals surface area (Å²) in [6.45, 7) is 4.96. The Morgan fingerprint density at radius 3 is 2.30 bits per heavy atom. The third kappa shape index (κ3) is 2.29. The summed E-state index contributed by atoms with van der Waals surface area (Å²) in [5.41, 5.74) is 3.27. The third-order valence-electron chi connectivity index (χ3n) is 5.75. The molecule has 2 heteroatoms. The first-order valence-corrected chi connectivity index (χ1v) is 8.43. The molecule has 1 saturated heterocycles. The van der Waals surface area contributed by atoms with E-state index in [0.29, 0.717) is 0 Å². The smallest absolute Gasteiger partial charge is 0.0159 e. The predicted molar refractivity (Wildman–Crippen MR) is 82.9 cm³/mol. The fourth-order valence-corrected chi connectivity index (χ4v) is 4.88. The molecule has 2 aliphatic carbocycles. The van der Waals surface area contributed by atoms with Gasteiger partial charge in [0.05, 0.1) is 0 Å². The lowest BCUT2D eigenvalue weighted by Crippen LogP contribution is -2.44. The highest BCUT2D eigenvalue weighted by Gasteiger charge is 2.41. The molecule has 20 heavy (non-hydrogen) atoms. The molecule has 3 aliphatic rings. The van der Waals surface area contributed by atoms with E-state index in [1.54, 1.807) is 11.1 Å². The van der Waals surface area contributed by atoms with Crippen LogP contribution in [-0.2, 0) is 12.8 Å². The van der Waals surface area contributed by atoms with E-state index in [9.17, 15) is 0 Å². The van der Waals surface area contributed by atoms with Crippen molar-refractivity contribution >= 4 is 0 Å². The van der Waals surface area contributed by atoms with Gasteiger partial charge in [0.25, 0.3) is 0 Å². The maximum Gasteiger partial charge on any atom is 0.0159 e. The molecule has 4 rings (SSSR count). The van der Waals surface area contributed by atoms with Gasteiger partial charge in [-0.1, -0.05) is 24.3 Å². The molecule has 0 radical (unpaired) electrons. The maximum absolute atomic E-state index is 3.56. The van der Waals surface area contributed by atoms with Crippen LogP contribution in [0, 0.1) is 11.8 Å². The van der Waals surface area contributed by atoms with E-state index in [4.69, 9.17) is 0 Å². The van der Waals surface area contributed by atoms with Crippen LogP contribution in [0.3, 0.4) is 0 Å². The lowest BCUT2D eigenvalue weighted by atomic mass is 9.93. The van der Waals surface area contributed by atoms with Gasteiger partial charge in [-0.3, -0.25) is 4.90 Å². The van der Waals surface area contributed by atoms with Gasteiger partial charge in [0, 0.05) is 19.1 Å². The van der Waals surface area contributed by atoms with Crippen molar-refractivity contribution in [3.05, 3.63) is 35.4 Å². The summed E-state index contributed by atoms with van der Waals surface area (Å²) in [5, 5.41) is 3.56. The number of hydrogen-bond acceptors (Lipinski definition) is 2. The summed E-state index contributed by atoms with van der Waals surface area (Å²) in [7, 11) is 0. The monoisotopic (exact) mass is 270 g/mol. The van der Waals surface area contributed by atoms with Crippen LogP contribution in [0.5, 0.6) is 0 Å². The van der Waals surface area contributed by atoms with E-state index in [1.165, 1.54) is 58.3 Å². The molecule has 1 aromatic carbocycles. The van der Waals surface area contributed by atoms with Crippen LogP contribution in [-0.4, -0.2) is 37.1 Å². The maximum atomic E-state index is 3.56. The fourth-order valence-electron chi connectivity index (χ4n) is 4.88. The molecule has 1 heterocycles. The Kier molecular flexibility index (Phi) is 3.53. The highest BCUT2D eigenvalue weighted by Crippen LogP contribution is 2.42. The van der Waals surface area contributed by atoms with Crippen molar-refractivity contribution in [3.8, 4) is 0 Å². The minimum absolute atomic E-state index is 0.849. The fraction of sp³-hybridized carbons (Fsp3) is 0.667. The Hall–Kier alpha value is -0.860. The van der Waals surface area contributed by atoms with Crippen LogP contribution < -0.4 is 5.32 Å². The van der Waals surface area contributed by atoms with Gasteiger partial charge in [-0.15, -0.1) is 0 Å². The van der Waals surface area contributed by atoms with E-state index in [0.717, 1.165) is 17.9 Å². The van der Waals surface area contributed by atoms with Gasteiger partial charge in [0.15, 0.2) is 0 Å². The Labute approximate surface area is 122 Å². The molecule has 1 saturated carbocycles. The predicted octanol–water partition coefficient (Wildman–Crippen LogP) is 2.48. The summed E-state index contributed by atoms with van der Waals surface area (Å²) in [6, 6.07) is 10.0. The zero-order chi connectivity index (χ0) is 13.4. The third-order valence-corrected chi connectivity index (χ3v) is 5.75. The second-order valence-electron chi connectivity index (χ2n) is 6.90. The van der Waals surface area contributed by atoms with E-state index in [-0.39, 0.29) is 0 Å². The first kappa shape index (κ1) is 12.8. The summed E-state index contributed by atoms with van der Waals surface area (Å²) in [6.07, 6.45) is 6.87. The van der Waals surface area contributed by atoms with Crippen molar-refractivity contribution in [2.24, 2.45) is 11.8 Å². The minimum atomic E-state index is 0.849. The van der Waals surface area contributed by atoms with E-state index in [1.807, 2.05) is 0 Å². The van der Waals surface area contributed by atoms with Gasteiger partial charge < -0.3 is 5.32 Å². The average molecular weight is 270 g/mol. The number of hydrogen-bond donors (Lipinski definition) is 1. The van der Waals surface area contributed by atoms with E-state index < -0.39 is 0 Å². The van der Waals surface area contributed by atoms with Gasteiger partial charge in [-0.2, -0.15) is 0 Å². The highest BCUT2D eigenvalue weighted by molar-refractivity contribution is 5.30. The molecule has 108 valence electrons. The van der Waals surface area contributed by atoms with Crippen molar-refractivity contribution in [1.82, 2.24) is 10.2 Å². The van der Waals surface area contributed by atoms with Gasteiger partial charge in [0.1, 0.15) is 0 Å². The Morgan fingerprint density at radius 2 is 1.60 bits per heavy atom. The number of benzene rings is 1. The second kappa shape index (κ2) is 5.50. The Morgan fingerprint density at radius 1 is 0.900 bits per heavy atom. The number of nitrogens with zero attached hydrogens (tertiary/aromatic N) is 1. The van der Waals surface area contributed by atoms with Gasteiger partial charge in [-0.05, 0) is 68.2 Å². The minimum Gasteiger partial charge on any atom is -0.315 e. The van der Waals surface area contributed by atoms with Crippen molar-refractivity contribution in [1.29, 1.82) is 0 Å². The van der Waals surface area contributed by atoms with Crippen LogP contribution in [0.1, 0.15) is 30.4 Å². The molecule has 1 N–H and O–H groups in total. The molecule has 1 aromatic rings. The lowest BCUT2D eigenvalue weighted by molar-refractivity contribution is 0.136.